The van der Waals surface area contributed by atoms with E-state index in [1.807, 2.05) is 0 Å². The number of hydrogen-bond donors (Lipinski definition) is 1. The van der Waals surface area contributed by atoms with Crippen molar-refractivity contribution >= 4 is 27.5 Å². The summed E-state index contributed by atoms with van der Waals surface area (Å²) >= 11 is 3.19. The molecule has 6 nitrogen and oxygen atoms in total. The number of esters is 1. The summed E-state index contributed by atoms with van der Waals surface area (Å²) in [5.41, 5.74) is 1.30. The molecule has 1 N–H and O–H groups in total. The number of aliphatic hydroxyl groups is 1. The van der Waals surface area contributed by atoms with Crippen LogP contribution in [0, 0.1) is 0 Å². The molecule has 0 spiro atoms. The maximum atomic E-state index is 11.7. The molecule has 0 aliphatic carbocycles. The number of halogens is 1. The van der Waals surface area contributed by atoms with Crippen molar-refractivity contribution < 1.29 is 14.6 Å². The van der Waals surface area contributed by atoms with Gasteiger partial charge >= 0.3 is 5.97 Å². The van der Waals surface area contributed by atoms with Gasteiger partial charge in [-0.05, 0) is 22.9 Å². The lowest BCUT2D eigenvalue weighted by molar-refractivity contribution is 0.0527. The van der Waals surface area contributed by atoms with Gasteiger partial charge in [-0.25, -0.2) is 14.3 Å². The molecule has 0 bridgehead atoms. The molecule has 0 amide bonds. The van der Waals surface area contributed by atoms with Crippen LogP contribution in [0.3, 0.4) is 0 Å². The van der Waals surface area contributed by atoms with Gasteiger partial charge < -0.3 is 9.84 Å². The minimum Gasteiger partial charge on any atom is -0.462 e. The summed E-state index contributed by atoms with van der Waals surface area (Å²) < 4.78 is 6.73. The summed E-state index contributed by atoms with van der Waals surface area (Å²) in [6, 6.07) is 0. The molecule has 2 heterocycles. The monoisotopic (exact) mass is 299 g/mol. The third-order valence-corrected chi connectivity index (χ3v) is 2.70. The van der Waals surface area contributed by atoms with Gasteiger partial charge in [-0.3, -0.25) is 0 Å². The zero-order valence-corrected chi connectivity index (χ0v) is 10.6. The molecule has 2 rings (SSSR count). The van der Waals surface area contributed by atoms with Gasteiger partial charge in [-0.1, -0.05) is 0 Å². The van der Waals surface area contributed by atoms with E-state index in [0.29, 0.717) is 15.8 Å². The SMILES string of the molecule is CCOC(=O)c1c(Br)nn2cc(CO)cnc12. The van der Waals surface area contributed by atoms with E-state index in [2.05, 4.69) is 26.0 Å². The summed E-state index contributed by atoms with van der Waals surface area (Å²) in [5, 5.41) is 13.1. The lowest BCUT2D eigenvalue weighted by atomic mass is 10.3. The number of carbonyl (C=O) groups excluding carboxylic acids is 1. The molecule has 0 aliphatic rings. The van der Waals surface area contributed by atoms with E-state index >= 15 is 0 Å². The number of rotatable bonds is 3. The Labute approximate surface area is 105 Å². The molecular formula is C10H10BrN3O3. The molecule has 90 valence electrons. The summed E-state index contributed by atoms with van der Waals surface area (Å²) in [7, 11) is 0. The van der Waals surface area contributed by atoms with Gasteiger partial charge in [0.15, 0.2) is 5.65 Å². The van der Waals surface area contributed by atoms with Crippen molar-refractivity contribution in [2.45, 2.75) is 13.5 Å². The van der Waals surface area contributed by atoms with Crippen molar-refractivity contribution in [3.63, 3.8) is 0 Å². The lowest BCUT2D eigenvalue weighted by Crippen LogP contribution is -2.05. The first-order valence-electron chi connectivity index (χ1n) is 4.98. The van der Waals surface area contributed by atoms with E-state index in [9.17, 15) is 4.79 Å². The highest BCUT2D eigenvalue weighted by Gasteiger charge is 2.20. The van der Waals surface area contributed by atoms with Crippen molar-refractivity contribution in [3.05, 3.63) is 28.1 Å². The Hall–Kier alpha value is -1.47. The van der Waals surface area contributed by atoms with E-state index in [0.717, 1.165) is 0 Å². The first-order chi connectivity index (χ1) is 8.17. The molecule has 0 saturated heterocycles. The topological polar surface area (TPSA) is 76.7 Å². The summed E-state index contributed by atoms with van der Waals surface area (Å²) in [5.74, 6) is -0.473. The zero-order valence-electron chi connectivity index (χ0n) is 9.05. The standard InChI is InChI=1S/C10H10BrN3O3/c1-2-17-10(16)7-8(11)13-14-4-6(5-15)3-12-9(7)14/h3-4,15H,2,5H2,1H3. The molecule has 0 unspecified atom stereocenters. The third-order valence-electron chi connectivity index (χ3n) is 2.15. The lowest BCUT2D eigenvalue weighted by Gasteiger charge is -2.00. The number of hydrogen-bond acceptors (Lipinski definition) is 5. The molecule has 0 aromatic carbocycles. The van der Waals surface area contributed by atoms with Gasteiger partial charge in [0.2, 0.25) is 0 Å². The molecule has 2 aromatic rings. The fraction of sp³-hybridized carbons (Fsp3) is 0.300. The van der Waals surface area contributed by atoms with E-state index in [4.69, 9.17) is 9.84 Å². The van der Waals surface area contributed by atoms with E-state index in [-0.39, 0.29) is 18.8 Å². The van der Waals surface area contributed by atoms with Gasteiger partial charge in [0.05, 0.1) is 13.2 Å². The van der Waals surface area contributed by atoms with Gasteiger partial charge in [0, 0.05) is 18.0 Å². The number of aromatic nitrogens is 3. The third kappa shape index (κ3) is 2.16. The zero-order chi connectivity index (χ0) is 12.4. The molecule has 2 aromatic heterocycles. The fourth-order valence-electron chi connectivity index (χ4n) is 1.41. The van der Waals surface area contributed by atoms with Crippen molar-refractivity contribution in [1.29, 1.82) is 0 Å². The Morgan fingerprint density at radius 1 is 1.65 bits per heavy atom. The molecule has 0 atom stereocenters. The molecule has 0 saturated carbocycles. The highest BCUT2D eigenvalue weighted by Crippen LogP contribution is 2.20. The second-order valence-electron chi connectivity index (χ2n) is 3.27. The molecule has 0 radical (unpaired) electrons. The van der Waals surface area contributed by atoms with Crippen molar-refractivity contribution in [3.8, 4) is 0 Å². The number of carbonyl (C=O) groups is 1. The van der Waals surface area contributed by atoms with Crippen LogP contribution in [-0.2, 0) is 11.3 Å². The predicted octanol–water partition coefficient (Wildman–Crippen LogP) is 1.16. The first kappa shape index (κ1) is 12.0. The Kier molecular flexibility index (Phi) is 3.39. The van der Waals surface area contributed by atoms with Crippen LogP contribution in [0.1, 0.15) is 22.8 Å². The van der Waals surface area contributed by atoms with Crippen molar-refractivity contribution in [1.82, 2.24) is 14.6 Å². The first-order valence-corrected chi connectivity index (χ1v) is 5.77. The Balaban J connectivity index is 2.56. The minimum absolute atomic E-state index is 0.130. The van der Waals surface area contributed by atoms with Crippen LogP contribution in [0.4, 0.5) is 0 Å². The summed E-state index contributed by atoms with van der Waals surface area (Å²) in [6.07, 6.45) is 3.10. The summed E-state index contributed by atoms with van der Waals surface area (Å²) in [4.78, 5) is 15.8. The second kappa shape index (κ2) is 4.80. The van der Waals surface area contributed by atoms with Crippen LogP contribution in [0.15, 0.2) is 17.0 Å². The molecule has 17 heavy (non-hydrogen) atoms. The summed E-state index contributed by atoms with van der Waals surface area (Å²) in [6.45, 7) is 1.89. The quantitative estimate of drug-likeness (QED) is 0.861. The second-order valence-corrected chi connectivity index (χ2v) is 4.03. The number of aliphatic hydroxyl groups excluding tert-OH is 1. The van der Waals surface area contributed by atoms with Gasteiger partial charge in [0.1, 0.15) is 10.2 Å². The highest BCUT2D eigenvalue weighted by molar-refractivity contribution is 9.10. The van der Waals surface area contributed by atoms with Gasteiger partial charge in [0.25, 0.3) is 0 Å². The maximum absolute atomic E-state index is 11.7. The number of fused-ring (bicyclic) bond motifs is 1. The molecule has 0 aliphatic heterocycles. The van der Waals surface area contributed by atoms with Crippen LogP contribution in [0.5, 0.6) is 0 Å². The van der Waals surface area contributed by atoms with E-state index in [1.54, 1.807) is 13.1 Å². The Morgan fingerprint density at radius 3 is 3.06 bits per heavy atom. The number of nitrogens with zero attached hydrogens (tertiary/aromatic N) is 3. The van der Waals surface area contributed by atoms with Crippen LogP contribution in [0.25, 0.3) is 5.65 Å². The van der Waals surface area contributed by atoms with Crippen LogP contribution in [0.2, 0.25) is 0 Å². The maximum Gasteiger partial charge on any atom is 0.344 e. The normalized spacial score (nSPS) is 10.8. The van der Waals surface area contributed by atoms with E-state index in [1.165, 1.54) is 10.7 Å². The molecule has 0 fully saturated rings. The van der Waals surface area contributed by atoms with Gasteiger partial charge in [-0.2, -0.15) is 5.10 Å². The fourth-order valence-corrected chi connectivity index (χ4v) is 1.92. The van der Waals surface area contributed by atoms with Gasteiger partial charge in [-0.15, -0.1) is 0 Å². The van der Waals surface area contributed by atoms with Crippen LogP contribution in [-0.4, -0.2) is 32.3 Å². The molecule has 7 heteroatoms. The largest absolute Gasteiger partial charge is 0.462 e. The Bertz CT molecular complexity index is 567. The van der Waals surface area contributed by atoms with Crippen LogP contribution < -0.4 is 0 Å². The van der Waals surface area contributed by atoms with E-state index < -0.39 is 5.97 Å². The van der Waals surface area contributed by atoms with Crippen LogP contribution >= 0.6 is 15.9 Å². The highest BCUT2D eigenvalue weighted by atomic mass is 79.9. The minimum atomic E-state index is -0.473. The molecular weight excluding hydrogens is 290 g/mol. The predicted molar refractivity (Wildman–Crippen MR) is 62.6 cm³/mol. The van der Waals surface area contributed by atoms with Crippen molar-refractivity contribution in [2.24, 2.45) is 0 Å². The average molecular weight is 300 g/mol. The average Bonchev–Trinajstić information content (AvgIpc) is 2.64. The smallest absolute Gasteiger partial charge is 0.344 e. The Morgan fingerprint density at radius 2 is 2.41 bits per heavy atom. The number of ether oxygens (including phenoxy) is 1. The van der Waals surface area contributed by atoms with Crippen molar-refractivity contribution in [2.75, 3.05) is 6.61 Å².